The number of nitro groups is 1. The lowest BCUT2D eigenvalue weighted by Gasteiger charge is -2.32. The molecule has 0 radical (unpaired) electrons. The average molecular weight is 321 g/mol. The van der Waals surface area contributed by atoms with Gasteiger partial charge in [0.25, 0.3) is 5.69 Å². The number of nitro benzene ring substituents is 1. The van der Waals surface area contributed by atoms with E-state index in [1.807, 2.05) is 0 Å². The van der Waals surface area contributed by atoms with Gasteiger partial charge < -0.3 is 4.98 Å². The second-order valence-corrected chi connectivity index (χ2v) is 6.39. The highest BCUT2D eigenvalue weighted by Gasteiger charge is 2.24. The summed E-state index contributed by atoms with van der Waals surface area (Å²) in [5, 5.41) is 10.6. The van der Waals surface area contributed by atoms with Crippen LogP contribution in [0.15, 0.2) is 58.2 Å². The second kappa shape index (κ2) is 4.98. The first-order valence-electron chi connectivity index (χ1n) is 6.14. The molecule has 0 amide bonds. The van der Waals surface area contributed by atoms with Gasteiger partial charge in [-0.05, 0) is 24.3 Å². The largest absolute Gasteiger partial charge is 0.345 e. The third-order valence-corrected chi connectivity index (χ3v) is 4.94. The molecule has 0 bridgehead atoms. The van der Waals surface area contributed by atoms with Crippen molar-refractivity contribution >= 4 is 27.5 Å². The number of fused-ring (bicyclic) bond motifs is 1. The number of H-pyrrole nitrogens is 1. The SMILES string of the molecule is O=c1[nH]c2ccccc2n1S(O)(O)c1ccc([N+](=O)[O-])cc1. The van der Waals surface area contributed by atoms with Crippen LogP contribution >= 0.6 is 10.8 Å². The quantitative estimate of drug-likeness (QED) is 0.506. The van der Waals surface area contributed by atoms with Crippen LogP contribution in [0.5, 0.6) is 0 Å². The molecule has 1 heterocycles. The first-order chi connectivity index (χ1) is 10.4. The fourth-order valence-corrected chi connectivity index (χ4v) is 3.56. The van der Waals surface area contributed by atoms with Crippen molar-refractivity contribution in [2.24, 2.45) is 0 Å². The second-order valence-electron chi connectivity index (χ2n) is 4.51. The predicted molar refractivity (Wildman–Crippen MR) is 82.2 cm³/mol. The van der Waals surface area contributed by atoms with Gasteiger partial charge >= 0.3 is 5.69 Å². The van der Waals surface area contributed by atoms with Crippen molar-refractivity contribution < 1.29 is 14.0 Å². The molecule has 0 aliphatic rings. The molecule has 0 atom stereocenters. The summed E-state index contributed by atoms with van der Waals surface area (Å²) in [6.07, 6.45) is 0. The van der Waals surface area contributed by atoms with E-state index < -0.39 is 21.4 Å². The van der Waals surface area contributed by atoms with Crippen LogP contribution in [-0.2, 0) is 0 Å². The fourth-order valence-electron chi connectivity index (χ4n) is 2.14. The summed E-state index contributed by atoms with van der Waals surface area (Å²) in [6, 6.07) is 11.3. The Kier molecular flexibility index (Phi) is 3.24. The maximum atomic E-state index is 12.0. The third-order valence-electron chi connectivity index (χ3n) is 3.17. The van der Waals surface area contributed by atoms with Crippen LogP contribution in [-0.4, -0.2) is 23.0 Å². The number of hydrogen-bond donors (Lipinski definition) is 3. The molecule has 0 unspecified atom stereocenters. The molecule has 114 valence electrons. The molecule has 0 fully saturated rings. The Balaban J connectivity index is 2.17. The van der Waals surface area contributed by atoms with Crippen molar-refractivity contribution in [2.75, 3.05) is 0 Å². The minimum absolute atomic E-state index is 0.0185. The van der Waals surface area contributed by atoms with Gasteiger partial charge in [-0.1, -0.05) is 22.9 Å². The molecule has 0 saturated carbocycles. The highest BCUT2D eigenvalue weighted by molar-refractivity contribution is 8.23. The van der Waals surface area contributed by atoms with E-state index in [1.54, 1.807) is 24.3 Å². The van der Waals surface area contributed by atoms with Crippen LogP contribution in [0.1, 0.15) is 0 Å². The van der Waals surface area contributed by atoms with Crippen LogP contribution < -0.4 is 5.69 Å². The lowest BCUT2D eigenvalue weighted by molar-refractivity contribution is -0.384. The summed E-state index contributed by atoms with van der Waals surface area (Å²) in [5.41, 5.74) is -0.0370. The smallest absolute Gasteiger partial charge is 0.304 e. The van der Waals surface area contributed by atoms with Crippen LogP contribution in [0.4, 0.5) is 5.69 Å². The highest BCUT2D eigenvalue weighted by atomic mass is 32.3. The van der Waals surface area contributed by atoms with Gasteiger partial charge in [0.1, 0.15) is 0 Å². The van der Waals surface area contributed by atoms with Gasteiger partial charge in [-0.15, -0.1) is 0 Å². The molecule has 8 nitrogen and oxygen atoms in total. The lowest BCUT2D eigenvalue weighted by atomic mass is 10.3. The number of benzene rings is 2. The minimum Gasteiger partial charge on any atom is -0.304 e. The maximum Gasteiger partial charge on any atom is 0.345 e. The Morgan fingerprint density at radius 2 is 1.73 bits per heavy atom. The maximum absolute atomic E-state index is 12.0. The summed E-state index contributed by atoms with van der Waals surface area (Å²) in [7, 11) is -3.65. The molecule has 9 heteroatoms. The summed E-state index contributed by atoms with van der Waals surface area (Å²) in [6.45, 7) is 0. The Hall–Kier alpha value is -2.62. The predicted octanol–water partition coefficient (Wildman–Crippen LogP) is 2.81. The summed E-state index contributed by atoms with van der Waals surface area (Å²) in [4.78, 5) is 24.6. The fraction of sp³-hybridized carbons (Fsp3) is 0. The number of hydrogen-bond acceptors (Lipinski definition) is 5. The molecule has 0 aliphatic heterocycles. The van der Waals surface area contributed by atoms with E-state index in [9.17, 15) is 24.0 Å². The molecular weight excluding hydrogens is 310 g/mol. The van der Waals surface area contributed by atoms with E-state index in [0.29, 0.717) is 11.0 Å². The van der Waals surface area contributed by atoms with Gasteiger partial charge in [0, 0.05) is 12.1 Å². The van der Waals surface area contributed by atoms with Gasteiger partial charge in [-0.25, -0.2) is 4.79 Å². The molecule has 0 spiro atoms. The first kappa shape index (κ1) is 14.3. The van der Waals surface area contributed by atoms with E-state index in [0.717, 1.165) is 16.1 Å². The Morgan fingerprint density at radius 1 is 1.09 bits per heavy atom. The van der Waals surface area contributed by atoms with Gasteiger partial charge in [0.2, 0.25) is 0 Å². The van der Waals surface area contributed by atoms with E-state index in [4.69, 9.17) is 0 Å². The third kappa shape index (κ3) is 2.17. The van der Waals surface area contributed by atoms with Gasteiger partial charge in [-0.2, -0.15) is 3.97 Å². The standard InChI is InChI=1S/C13H11N3O5S/c17-13-14-11-3-1-2-4-12(11)15(13)22(20,21)10-7-5-9(6-8-10)16(18)19/h1-8,20-21H,(H,14,17). The number of aromatic amines is 1. The molecule has 22 heavy (non-hydrogen) atoms. The number of nitrogens with zero attached hydrogens (tertiary/aromatic N) is 2. The normalized spacial score (nSPS) is 12.5. The topological polar surface area (TPSA) is 121 Å². The van der Waals surface area contributed by atoms with E-state index in [-0.39, 0.29) is 10.6 Å². The van der Waals surface area contributed by atoms with E-state index >= 15 is 0 Å². The van der Waals surface area contributed by atoms with Gasteiger partial charge in [-0.3, -0.25) is 19.2 Å². The van der Waals surface area contributed by atoms with Gasteiger partial charge in [0.05, 0.1) is 20.9 Å². The number of rotatable bonds is 3. The highest BCUT2D eigenvalue weighted by Crippen LogP contribution is 2.49. The van der Waals surface area contributed by atoms with Crippen molar-refractivity contribution in [1.82, 2.24) is 8.96 Å². The zero-order valence-electron chi connectivity index (χ0n) is 11.0. The zero-order valence-corrected chi connectivity index (χ0v) is 11.9. The Morgan fingerprint density at radius 3 is 2.36 bits per heavy atom. The van der Waals surface area contributed by atoms with Gasteiger partial charge in [0.15, 0.2) is 0 Å². The number of nitrogens with one attached hydrogen (secondary N) is 1. The summed E-state index contributed by atoms with van der Waals surface area (Å²) >= 11 is 0. The molecule has 0 aliphatic carbocycles. The summed E-state index contributed by atoms with van der Waals surface area (Å²) in [5.74, 6) is 0. The minimum atomic E-state index is -3.65. The van der Waals surface area contributed by atoms with Crippen LogP contribution in [0.2, 0.25) is 0 Å². The molecular formula is C13H11N3O5S. The van der Waals surface area contributed by atoms with Crippen LogP contribution in [0.25, 0.3) is 11.0 Å². The molecule has 3 aromatic rings. The van der Waals surface area contributed by atoms with Crippen molar-refractivity contribution in [2.45, 2.75) is 4.90 Å². The molecule has 3 rings (SSSR count). The number of imidazole rings is 1. The van der Waals surface area contributed by atoms with Crippen molar-refractivity contribution in [3.8, 4) is 0 Å². The molecule has 2 aromatic carbocycles. The first-order valence-corrected chi connectivity index (χ1v) is 7.64. The molecule has 1 aromatic heterocycles. The van der Waals surface area contributed by atoms with Crippen molar-refractivity contribution in [3.05, 3.63) is 69.1 Å². The lowest BCUT2D eigenvalue weighted by Crippen LogP contribution is -2.22. The number of aromatic nitrogens is 2. The molecule has 3 N–H and O–H groups in total. The average Bonchev–Trinajstić information content (AvgIpc) is 2.83. The molecule has 0 saturated heterocycles. The van der Waals surface area contributed by atoms with E-state index in [2.05, 4.69) is 4.98 Å². The van der Waals surface area contributed by atoms with Crippen LogP contribution in [0, 0.1) is 10.1 Å². The van der Waals surface area contributed by atoms with Crippen molar-refractivity contribution in [1.29, 1.82) is 0 Å². The number of non-ortho nitro benzene ring substituents is 1. The van der Waals surface area contributed by atoms with Crippen molar-refractivity contribution in [3.63, 3.8) is 0 Å². The number of para-hydroxylation sites is 2. The summed E-state index contributed by atoms with van der Waals surface area (Å²) < 4.78 is 21.8. The van der Waals surface area contributed by atoms with Crippen LogP contribution in [0.3, 0.4) is 0 Å². The van der Waals surface area contributed by atoms with E-state index in [1.165, 1.54) is 12.1 Å². The monoisotopic (exact) mass is 321 g/mol. The zero-order chi connectivity index (χ0) is 15.9. The Labute approximate surface area is 125 Å². The Bertz CT molecular complexity index is 913.